The van der Waals surface area contributed by atoms with Gasteiger partial charge in [-0.3, -0.25) is 9.59 Å². The third-order valence-electron chi connectivity index (χ3n) is 4.47. The number of sulfone groups is 1. The van der Waals surface area contributed by atoms with Gasteiger partial charge in [-0.1, -0.05) is 0 Å². The van der Waals surface area contributed by atoms with Gasteiger partial charge in [0.25, 0.3) is 11.8 Å². The first-order valence-electron chi connectivity index (χ1n) is 8.83. The van der Waals surface area contributed by atoms with Crippen molar-refractivity contribution in [3.05, 3.63) is 52.9 Å². The molecule has 1 atom stereocenters. The number of aryl methyl sites for hydroxylation is 1. The molecule has 9 nitrogen and oxygen atoms in total. The van der Waals surface area contributed by atoms with Crippen LogP contribution in [0.25, 0.3) is 0 Å². The monoisotopic (exact) mass is 434 g/mol. The highest BCUT2D eigenvalue weighted by molar-refractivity contribution is 7.91. The summed E-state index contributed by atoms with van der Waals surface area (Å²) in [4.78, 5) is 25.1. The maximum atomic E-state index is 12.7. The molecule has 1 saturated heterocycles. The van der Waals surface area contributed by atoms with Crippen molar-refractivity contribution in [1.82, 2.24) is 9.78 Å². The molecule has 29 heavy (non-hydrogen) atoms. The Morgan fingerprint density at radius 2 is 2.07 bits per heavy atom. The SMILES string of the molecule is Cc1cc(NC(=O)c2ccc(NC(=O)c3ccco3)s2)n(C2CCS(=O)(=O)C2)n1. The van der Waals surface area contributed by atoms with Gasteiger partial charge in [-0.25, -0.2) is 13.1 Å². The smallest absolute Gasteiger partial charge is 0.291 e. The fraction of sp³-hybridized carbons (Fsp3) is 0.278. The van der Waals surface area contributed by atoms with E-state index in [9.17, 15) is 18.0 Å². The number of carbonyl (C=O) groups excluding carboxylic acids is 2. The Hall–Kier alpha value is -2.92. The summed E-state index contributed by atoms with van der Waals surface area (Å²) in [6, 6.07) is 7.80. The van der Waals surface area contributed by atoms with Crippen LogP contribution in [0.1, 0.15) is 38.4 Å². The van der Waals surface area contributed by atoms with Crippen molar-refractivity contribution in [1.29, 1.82) is 0 Å². The molecular formula is C18H18N4O5S2. The lowest BCUT2D eigenvalue weighted by Gasteiger charge is -2.13. The molecule has 0 saturated carbocycles. The van der Waals surface area contributed by atoms with Gasteiger partial charge in [0.15, 0.2) is 15.6 Å². The zero-order valence-electron chi connectivity index (χ0n) is 15.4. The number of nitrogens with one attached hydrogen (secondary N) is 2. The first kappa shape index (κ1) is 19.4. The summed E-state index contributed by atoms with van der Waals surface area (Å²) in [5.41, 5.74) is 0.683. The highest BCUT2D eigenvalue weighted by Crippen LogP contribution is 2.28. The van der Waals surface area contributed by atoms with Gasteiger partial charge in [-0.15, -0.1) is 11.3 Å². The molecule has 4 rings (SSSR count). The number of anilines is 2. The summed E-state index contributed by atoms with van der Waals surface area (Å²) in [6.45, 7) is 1.78. The van der Waals surface area contributed by atoms with Crippen LogP contribution in [0.4, 0.5) is 10.8 Å². The van der Waals surface area contributed by atoms with E-state index in [2.05, 4.69) is 15.7 Å². The molecule has 1 fully saturated rings. The van der Waals surface area contributed by atoms with Gasteiger partial charge in [0.2, 0.25) is 0 Å². The van der Waals surface area contributed by atoms with Crippen molar-refractivity contribution < 1.29 is 22.4 Å². The minimum absolute atomic E-state index is 0.0128. The van der Waals surface area contributed by atoms with Crippen LogP contribution >= 0.6 is 11.3 Å². The van der Waals surface area contributed by atoms with Crippen LogP contribution in [0.15, 0.2) is 41.0 Å². The number of nitrogens with zero attached hydrogens (tertiary/aromatic N) is 2. The van der Waals surface area contributed by atoms with Gasteiger partial charge in [0.1, 0.15) is 5.82 Å². The molecule has 0 aliphatic carbocycles. The topological polar surface area (TPSA) is 123 Å². The molecule has 11 heteroatoms. The average Bonchev–Trinajstić information content (AvgIpc) is 3.42. The molecule has 0 spiro atoms. The first-order chi connectivity index (χ1) is 13.8. The van der Waals surface area contributed by atoms with Crippen LogP contribution in [0.2, 0.25) is 0 Å². The number of amides is 2. The second-order valence-corrected chi connectivity index (χ2v) is 10.0. The lowest BCUT2D eigenvalue weighted by atomic mass is 10.3. The standard InChI is InChI=1S/C18H18N4O5S2/c1-11-9-15(22(21-11)12-6-8-29(25,26)10-12)19-18(24)14-4-5-16(28-14)20-17(23)13-3-2-7-27-13/h2-5,7,9,12H,6,8,10H2,1H3,(H,19,24)(H,20,23). The van der Waals surface area contributed by atoms with Crippen molar-refractivity contribution in [3.8, 4) is 0 Å². The molecule has 1 unspecified atom stereocenters. The fourth-order valence-electron chi connectivity index (χ4n) is 3.14. The molecule has 1 aliphatic heterocycles. The Labute approximate surface area is 170 Å². The number of hydrogen-bond acceptors (Lipinski definition) is 7. The van der Waals surface area contributed by atoms with E-state index >= 15 is 0 Å². The van der Waals surface area contributed by atoms with E-state index in [0.29, 0.717) is 27.8 Å². The number of hydrogen-bond donors (Lipinski definition) is 2. The maximum absolute atomic E-state index is 12.7. The third kappa shape index (κ3) is 4.25. The van der Waals surface area contributed by atoms with Gasteiger partial charge in [0, 0.05) is 6.07 Å². The van der Waals surface area contributed by atoms with Gasteiger partial charge in [-0.05, 0) is 37.6 Å². The third-order valence-corrected chi connectivity index (χ3v) is 7.22. The van der Waals surface area contributed by atoms with Crippen LogP contribution in [0, 0.1) is 6.92 Å². The van der Waals surface area contributed by atoms with Gasteiger partial charge in [0.05, 0.1) is 39.4 Å². The number of rotatable bonds is 5. The van der Waals surface area contributed by atoms with Crippen LogP contribution in [-0.4, -0.2) is 41.5 Å². The summed E-state index contributed by atoms with van der Waals surface area (Å²) in [7, 11) is -3.08. The molecule has 3 aromatic heterocycles. The van der Waals surface area contributed by atoms with E-state index in [0.717, 1.165) is 11.3 Å². The molecule has 152 valence electrons. The van der Waals surface area contributed by atoms with Gasteiger partial charge < -0.3 is 15.1 Å². The fourth-order valence-corrected chi connectivity index (χ4v) is 5.63. The van der Waals surface area contributed by atoms with Crippen molar-refractivity contribution in [2.75, 3.05) is 22.1 Å². The second kappa shape index (κ2) is 7.48. The van der Waals surface area contributed by atoms with Crippen LogP contribution in [-0.2, 0) is 9.84 Å². The molecule has 1 aliphatic rings. The maximum Gasteiger partial charge on any atom is 0.291 e. The Morgan fingerprint density at radius 1 is 1.24 bits per heavy atom. The first-order valence-corrected chi connectivity index (χ1v) is 11.5. The molecule has 4 heterocycles. The number of thiophene rings is 1. The lowest BCUT2D eigenvalue weighted by Crippen LogP contribution is -2.19. The van der Waals surface area contributed by atoms with Crippen molar-refractivity contribution in [2.24, 2.45) is 0 Å². The summed E-state index contributed by atoms with van der Waals surface area (Å²) in [5, 5.41) is 10.3. The van der Waals surface area contributed by atoms with Crippen LogP contribution in [0.3, 0.4) is 0 Å². The molecule has 0 radical (unpaired) electrons. The summed E-state index contributed by atoms with van der Waals surface area (Å²) in [5.74, 6) is -0.0121. The molecule has 2 N–H and O–H groups in total. The number of carbonyl (C=O) groups is 2. The van der Waals surface area contributed by atoms with Gasteiger partial charge >= 0.3 is 0 Å². The zero-order valence-corrected chi connectivity index (χ0v) is 17.0. The molecule has 0 bridgehead atoms. The van der Waals surface area contributed by atoms with E-state index in [1.54, 1.807) is 41.9 Å². The average molecular weight is 434 g/mol. The molecule has 2 amide bonds. The number of aromatic nitrogens is 2. The normalized spacial score (nSPS) is 17.9. The summed E-state index contributed by atoms with van der Waals surface area (Å²) >= 11 is 1.12. The van der Waals surface area contributed by atoms with Crippen molar-refractivity contribution >= 4 is 43.8 Å². The molecule has 0 aromatic carbocycles. The van der Waals surface area contributed by atoms with E-state index in [1.165, 1.54) is 6.26 Å². The number of furan rings is 1. The summed E-state index contributed by atoms with van der Waals surface area (Å²) < 4.78 is 30.2. The largest absolute Gasteiger partial charge is 0.459 e. The van der Waals surface area contributed by atoms with E-state index in [4.69, 9.17) is 4.42 Å². The Morgan fingerprint density at radius 3 is 2.76 bits per heavy atom. The molecule has 3 aromatic rings. The predicted molar refractivity (Wildman–Crippen MR) is 108 cm³/mol. The quantitative estimate of drug-likeness (QED) is 0.636. The lowest BCUT2D eigenvalue weighted by molar-refractivity contribution is 0.0995. The molecular weight excluding hydrogens is 416 g/mol. The second-order valence-electron chi connectivity index (χ2n) is 6.72. The van der Waals surface area contributed by atoms with Crippen molar-refractivity contribution in [3.63, 3.8) is 0 Å². The van der Waals surface area contributed by atoms with E-state index in [1.807, 2.05) is 0 Å². The Balaban J connectivity index is 1.47. The minimum atomic E-state index is -3.08. The highest BCUT2D eigenvalue weighted by atomic mass is 32.2. The predicted octanol–water partition coefficient (Wildman–Crippen LogP) is 2.71. The van der Waals surface area contributed by atoms with Crippen molar-refractivity contribution in [2.45, 2.75) is 19.4 Å². The summed E-state index contributed by atoms with van der Waals surface area (Å²) in [6.07, 6.45) is 1.87. The van der Waals surface area contributed by atoms with Crippen LogP contribution < -0.4 is 10.6 Å². The zero-order chi connectivity index (χ0) is 20.6. The van der Waals surface area contributed by atoms with E-state index in [-0.39, 0.29) is 29.2 Å². The van der Waals surface area contributed by atoms with Gasteiger partial charge in [-0.2, -0.15) is 5.10 Å². The highest BCUT2D eigenvalue weighted by Gasteiger charge is 2.31. The Kier molecular flexibility index (Phi) is 5.01. The van der Waals surface area contributed by atoms with E-state index < -0.39 is 15.7 Å². The Bertz CT molecular complexity index is 1160. The minimum Gasteiger partial charge on any atom is -0.459 e. The van der Waals surface area contributed by atoms with Crippen LogP contribution in [0.5, 0.6) is 0 Å².